The molecule has 2 atom stereocenters. The Morgan fingerprint density at radius 2 is 1.92 bits per heavy atom. The molecule has 6 heteroatoms. The second-order valence-electron chi connectivity index (χ2n) is 8.28. The van der Waals surface area contributed by atoms with E-state index in [1.807, 2.05) is 0 Å². The van der Waals surface area contributed by atoms with Crippen molar-refractivity contribution in [1.82, 2.24) is 15.1 Å². The Bertz CT molecular complexity index is 434. The zero-order chi connectivity index (χ0) is 17.7. The summed E-state index contributed by atoms with van der Waals surface area (Å²) >= 11 is 0. The number of likely N-dealkylation sites (tertiary alicyclic amines) is 1. The predicted molar refractivity (Wildman–Crippen MR) is 97.4 cm³/mol. The van der Waals surface area contributed by atoms with Gasteiger partial charge in [0.05, 0.1) is 19.8 Å². The first-order valence-corrected chi connectivity index (χ1v) is 10.1. The Labute approximate surface area is 151 Å². The number of aliphatic hydroxyl groups excluding tert-OH is 1. The van der Waals surface area contributed by atoms with Crippen LogP contribution in [0.1, 0.15) is 39.0 Å². The van der Waals surface area contributed by atoms with Crippen molar-refractivity contribution in [3.8, 4) is 0 Å². The third-order valence-electron chi connectivity index (χ3n) is 6.53. The van der Waals surface area contributed by atoms with Gasteiger partial charge in [0, 0.05) is 44.9 Å². The second kappa shape index (κ2) is 8.80. The number of nitrogens with one attached hydrogen (secondary N) is 1. The first-order valence-electron chi connectivity index (χ1n) is 10.1. The molecule has 144 valence electrons. The van der Waals surface area contributed by atoms with Crippen LogP contribution in [-0.4, -0.2) is 85.4 Å². The minimum absolute atomic E-state index is 0.129. The van der Waals surface area contributed by atoms with E-state index in [9.17, 15) is 9.90 Å². The quantitative estimate of drug-likeness (QED) is 0.736. The number of ether oxygens (including phenoxy) is 1. The molecular weight excluding hydrogens is 318 g/mol. The van der Waals surface area contributed by atoms with Crippen molar-refractivity contribution >= 4 is 5.91 Å². The van der Waals surface area contributed by atoms with Crippen molar-refractivity contribution in [2.45, 2.75) is 44.6 Å². The number of hydrogen-bond acceptors (Lipinski definition) is 5. The summed E-state index contributed by atoms with van der Waals surface area (Å²) in [5.41, 5.74) is 0.129. The van der Waals surface area contributed by atoms with Gasteiger partial charge in [0.15, 0.2) is 0 Å². The number of rotatable bonds is 6. The first kappa shape index (κ1) is 19.1. The highest BCUT2D eigenvalue weighted by Crippen LogP contribution is 2.34. The van der Waals surface area contributed by atoms with Crippen molar-refractivity contribution in [1.29, 1.82) is 0 Å². The minimum atomic E-state index is 0.129. The van der Waals surface area contributed by atoms with Crippen LogP contribution in [-0.2, 0) is 9.53 Å². The SMILES string of the molecule is C[C@@H]1CN(CC(=O)NCC2(N3CCOCC3)CCCCC2)C[C@H]1CO. The van der Waals surface area contributed by atoms with Gasteiger partial charge in [-0.05, 0) is 24.7 Å². The molecule has 0 aromatic rings. The lowest BCUT2D eigenvalue weighted by Crippen LogP contribution is -2.60. The number of carbonyl (C=O) groups is 1. The molecule has 1 saturated carbocycles. The molecule has 25 heavy (non-hydrogen) atoms. The summed E-state index contributed by atoms with van der Waals surface area (Å²) in [5.74, 6) is 0.908. The van der Waals surface area contributed by atoms with E-state index in [1.165, 1.54) is 32.1 Å². The second-order valence-corrected chi connectivity index (χ2v) is 8.28. The van der Waals surface area contributed by atoms with Gasteiger partial charge < -0.3 is 15.2 Å². The predicted octanol–water partition coefficient (Wildman–Crippen LogP) is 0.698. The van der Waals surface area contributed by atoms with Crippen LogP contribution in [0.2, 0.25) is 0 Å². The summed E-state index contributed by atoms with van der Waals surface area (Å²) in [4.78, 5) is 17.3. The number of nitrogens with zero attached hydrogens (tertiary/aromatic N) is 2. The van der Waals surface area contributed by atoms with Gasteiger partial charge in [0.1, 0.15) is 0 Å². The fourth-order valence-corrected chi connectivity index (χ4v) is 4.88. The zero-order valence-corrected chi connectivity index (χ0v) is 15.7. The van der Waals surface area contributed by atoms with Gasteiger partial charge in [-0.1, -0.05) is 26.2 Å². The number of amides is 1. The monoisotopic (exact) mass is 353 g/mol. The molecule has 0 aromatic heterocycles. The topological polar surface area (TPSA) is 65.0 Å². The number of morpholine rings is 1. The maximum atomic E-state index is 12.5. The fourth-order valence-electron chi connectivity index (χ4n) is 4.88. The third-order valence-corrected chi connectivity index (χ3v) is 6.53. The molecule has 3 rings (SSSR count). The molecule has 3 aliphatic rings. The Morgan fingerprint density at radius 1 is 1.20 bits per heavy atom. The highest BCUT2D eigenvalue weighted by atomic mass is 16.5. The van der Waals surface area contributed by atoms with Crippen molar-refractivity contribution < 1.29 is 14.6 Å². The van der Waals surface area contributed by atoms with Gasteiger partial charge in [0.2, 0.25) is 5.91 Å². The Balaban J connectivity index is 1.51. The summed E-state index contributed by atoms with van der Waals surface area (Å²) < 4.78 is 5.52. The summed E-state index contributed by atoms with van der Waals surface area (Å²) in [6.45, 7) is 8.93. The van der Waals surface area contributed by atoms with Crippen LogP contribution in [0.5, 0.6) is 0 Å². The average Bonchev–Trinajstić information content (AvgIpc) is 3.01. The number of carbonyl (C=O) groups excluding carboxylic acids is 1. The van der Waals surface area contributed by atoms with Crippen LogP contribution in [0.4, 0.5) is 0 Å². The molecule has 1 aliphatic carbocycles. The van der Waals surface area contributed by atoms with Gasteiger partial charge in [-0.2, -0.15) is 0 Å². The van der Waals surface area contributed by atoms with Crippen molar-refractivity contribution in [2.75, 3.05) is 59.1 Å². The van der Waals surface area contributed by atoms with E-state index in [2.05, 4.69) is 22.0 Å². The summed E-state index contributed by atoms with van der Waals surface area (Å²) in [6, 6.07) is 0. The minimum Gasteiger partial charge on any atom is -0.396 e. The third kappa shape index (κ3) is 4.73. The molecule has 0 aromatic carbocycles. The van der Waals surface area contributed by atoms with Gasteiger partial charge >= 0.3 is 0 Å². The van der Waals surface area contributed by atoms with Crippen LogP contribution in [0.25, 0.3) is 0 Å². The smallest absolute Gasteiger partial charge is 0.234 e. The maximum Gasteiger partial charge on any atom is 0.234 e. The largest absolute Gasteiger partial charge is 0.396 e. The van der Waals surface area contributed by atoms with Crippen LogP contribution in [0, 0.1) is 11.8 Å². The summed E-state index contributed by atoms with van der Waals surface area (Å²) in [6.07, 6.45) is 6.19. The van der Waals surface area contributed by atoms with E-state index in [4.69, 9.17) is 4.74 Å². The fraction of sp³-hybridized carbons (Fsp3) is 0.947. The Morgan fingerprint density at radius 3 is 2.56 bits per heavy atom. The average molecular weight is 354 g/mol. The van der Waals surface area contributed by atoms with Gasteiger partial charge in [-0.25, -0.2) is 0 Å². The Hall–Kier alpha value is -0.690. The molecule has 0 spiro atoms. The van der Waals surface area contributed by atoms with Crippen LogP contribution in [0.15, 0.2) is 0 Å². The van der Waals surface area contributed by atoms with Crippen molar-refractivity contribution in [3.63, 3.8) is 0 Å². The number of aliphatic hydroxyl groups is 1. The van der Waals surface area contributed by atoms with E-state index in [1.54, 1.807) is 0 Å². The molecule has 2 heterocycles. The van der Waals surface area contributed by atoms with Crippen LogP contribution >= 0.6 is 0 Å². The molecule has 3 fully saturated rings. The first-order chi connectivity index (χ1) is 12.1. The standard InChI is InChI=1S/C19H35N3O3/c1-16-11-21(12-17(16)14-23)13-18(24)20-15-19(5-3-2-4-6-19)22-7-9-25-10-8-22/h16-17,23H,2-15H2,1H3,(H,20,24)/t16-,17+/m1/s1. The number of hydrogen-bond donors (Lipinski definition) is 2. The van der Waals surface area contributed by atoms with E-state index in [-0.39, 0.29) is 18.1 Å². The van der Waals surface area contributed by atoms with E-state index >= 15 is 0 Å². The molecule has 0 unspecified atom stereocenters. The van der Waals surface area contributed by atoms with Crippen LogP contribution < -0.4 is 5.32 Å². The van der Waals surface area contributed by atoms with Gasteiger partial charge in [-0.15, -0.1) is 0 Å². The Kier molecular flexibility index (Phi) is 6.72. The van der Waals surface area contributed by atoms with E-state index in [0.29, 0.717) is 18.4 Å². The molecule has 2 aliphatic heterocycles. The van der Waals surface area contributed by atoms with Crippen molar-refractivity contribution in [3.05, 3.63) is 0 Å². The lowest BCUT2D eigenvalue weighted by atomic mass is 9.79. The molecule has 1 amide bonds. The zero-order valence-electron chi connectivity index (χ0n) is 15.7. The normalized spacial score (nSPS) is 31.1. The van der Waals surface area contributed by atoms with E-state index < -0.39 is 0 Å². The highest BCUT2D eigenvalue weighted by molar-refractivity contribution is 5.78. The molecule has 2 saturated heterocycles. The van der Waals surface area contributed by atoms with Gasteiger partial charge in [0.25, 0.3) is 0 Å². The van der Waals surface area contributed by atoms with E-state index in [0.717, 1.165) is 45.9 Å². The maximum absolute atomic E-state index is 12.5. The summed E-state index contributed by atoms with van der Waals surface area (Å²) in [5, 5.41) is 12.6. The molecule has 0 bridgehead atoms. The van der Waals surface area contributed by atoms with Crippen molar-refractivity contribution in [2.24, 2.45) is 11.8 Å². The molecule has 6 nitrogen and oxygen atoms in total. The van der Waals surface area contributed by atoms with Crippen LogP contribution in [0.3, 0.4) is 0 Å². The highest BCUT2D eigenvalue weighted by Gasteiger charge is 2.39. The molecule has 2 N–H and O–H groups in total. The molecular formula is C19H35N3O3. The lowest BCUT2D eigenvalue weighted by molar-refractivity contribution is -0.123. The summed E-state index contributed by atoms with van der Waals surface area (Å²) in [7, 11) is 0. The molecule has 0 radical (unpaired) electrons. The lowest BCUT2D eigenvalue weighted by Gasteiger charge is -2.48. The van der Waals surface area contributed by atoms with Gasteiger partial charge in [-0.3, -0.25) is 14.6 Å².